The predicted octanol–water partition coefficient (Wildman–Crippen LogP) is 7.36. The van der Waals surface area contributed by atoms with E-state index in [-0.39, 0.29) is 28.5 Å². The van der Waals surface area contributed by atoms with Crippen molar-refractivity contribution in [1.29, 1.82) is 0 Å². The molecule has 1 saturated heterocycles. The number of nitrogens with zero attached hydrogens (tertiary/aromatic N) is 4. The monoisotopic (exact) mass is 630 g/mol. The molecular weight excluding hydrogens is 576 g/mol. The van der Waals surface area contributed by atoms with E-state index in [0.717, 1.165) is 83.1 Å². The van der Waals surface area contributed by atoms with Gasteiger partial charge in [0.05, 0.1) is 4.92 Å². The van der Waals surface area contributed by atoms with E-state index < -0.39 is 0 Å². The minimum absolute atomic E-state index is 0.0787. The molecule has 3 aliphatic rings. The SMILES string of the molecule is CCCCN(C(=O)CCc1ccc([N+](=O)[O-])cc1)C1CCN(C[C@H]2CC(N(C(C)=O)C3CCCCC3)C[C@@H]2c2ccccc2)CC1. The molecule has 3 atom stereocenters. The van der Waals surface area contributed by atoms with E-state index in [4.69, 9.17) is 0 Å². The minimum atomic E-state index is -0.390. The molecule has 0 N–H and O–H groups in total. The highest BCUT2D eigenvalue weighted by Crippen LogP contribution is 2.44. The predicted molar refractivity (Wildman–Crippen MR) is 183 cm³/mol. The Labute approximate surface area is 275 Å². The van der Waals surface area contributed by atoms with Crippen LogP contribution in [0.3, 0.4) is 0 Å². The number of rotatable bonds is 13. The zero-order valence-electron chi connectivity index (χ0n) is 28.0. The molecule has 0 radical (unpaired) electrons. The summed E-state index contributed by atoms with van der Waals surface area (Å²) in [7, 11) is 0. The summed E-state index contributed by atoms with van der Waals surface area (Å²) in [6.07, 6.45) is 13.2. The molecule has 1 aliphatic heterocycles. The molecule has 1 unspecified atom stereocenters. The minimum Gasteiger partial charge on any atom is -0.340 e. The van der Waals surface area contributed by atoms with E-state index in [9.17, 15) is 19.7 Å². The van der Waals surface area contributed by atoms with Gasteiger partial charge in [0.1, 0.15) is 0 Å². The van der Waals surface area contributed by atoms with Gasteiger partial charge in [-0.05, 0) is 74.3 Å². The van der Waals surface area contributed by atoms with E-state index in [2.05, 4.69) is 52.0 Å². The molecule has 46 heavy (non-hydrogen) atoms. The molecule has 2 saturated carbocycles. The average molecular weight is 631 g/mol. The number of unbranched alkanes of at least 4 members (excludes halogenated alkanes) is 1. The van der Waals surface area contributed by atoms with Gasteiger partial charge in [-0.15, -0.1) is 0 Å². The van der Waals surface area contributed by atoms with Crippen molar-refractivity contribution in [3.05, 3.63) is 75.8 Å². The lowest BCUT2D eigenvalue weighted by atomic mass is 9.88. The average Bonchev–Trinajstić information content (AvgIpc) is 3.48. The number of hydrogen-bond acceptors (Lipinski definition) is 5. The highest BCUT2D eigenvalue weighted by atomic mass is 16.6. The van der Waals surface area contributed by atoms with Gasteiger partial charge < -0.3 is 14.7 Å². The van der Waals surface area contributed by atoms with Crippen molar-refractivity contribution >= 4 is 17.5 Å². The van der Waals surface area contributed by atoms with Crippen molar-refractivity contribution in [2.75, 3.05) is 26.2 Å². The molecule has 8 heteroatoms. The lowest BCUT2D eigenvalue weighted by Crippen LogP contribution is -2.49. The molecule has 2 aromatic rings. The maximum Gasteiger partial charge on any atom is 0.269 e. The maximum atomic E-state index is 13.5. The molecule has 250 valence electrons. The summed E-state index contributed by atoms with van der Waals surface area (Å²) in [5.74, 6) is 1.40. The van der Waals surface area contributed by atoms with Crippen molar-refractivity contribution in [2.45, 2.75) is 121 Å². The van der Waals surface area contributed by atoms with Crippen LogP contribution in [0.4, 0.5) is 5.69 Å². The number of amides is 2. The lowest BCUT2D eigenvalue weighted by Gasteiger charge is -2.40. The third-order valence-corrected chi connectivity index (χ3v) is 11.0. The van der Waals surface area contributed by atoms with Gasteiger partial charge in [-0.1, -0.05) is 75.1 Å². The number of nitro benzene ring substituents is 1. The first-order valence-corrected chi connectivity index (χ1v) is 17.9. The second kappa shape index (κ2) is 16.5. The number of carbonyl (C=O) groups is 2. The molecule has 1 heterocycles. The number of piperidine rings is 1. The Kier molecular flexibility index (Phi) is 12.2. The van der Waals surface area contributed by atoms with Gasteiger partial charge in [0.25, 0.3) is 5.69 Å². The lowest BCUT2D eigenvalue weighted by molar-refractivity contribution is -0.384. The van der Waals surface area contributed by atoms with Crippen LogP contribution in [0.1, 0.15) is 108 Å². The molecular formula is C38H54N4O4. The van der Waals surface area contributed by atoms with Crippen LogP contribution in [0, 0.1) is 16.0 Å². The third kappa shape index (κ3) is 8.75. The van der Waals surface area contributed by atoms with Gasteiger partial charge in [-0.25, -0.2) is 0 Å². The van der Waals surface area contributed by atoms with Crippen LogP contribution in [0.2, 0.25) is 0 Å². The number of benzene rings is 2. The number of nitro groups is 1. The Hall–Kier alpha value is -3.26. The third-order valence-electron chi connectivity index (χ3n) is 11.0. The Morgan fingerprint density at radius 2 is 1.59 bits per heavy atom. The molecule has 0 aromatic heterocycles. The first-order valence-electron chi connectivity index (χ1n) is 17.9. The first-order chi connectivity index (χ1) is 22.3. The maximum absolute atomic E-state index is 13.5. The normalized spacial score (nSPS) is 22.9. The van der Waals surface area contributed by atoms with Crippen LogP contribution in [-0.4, -0.2) is 75.7 Å². The quantitative estimate of drug-likeness (QED) is 0.170. The van der Waals surface area contributed by atoms with Gasteiger partial charge in [0.2, 0.25) is 11.8 Å². The van der Waals surface area contributed by atoms with Crippen molar-refractivity contribution in [1.82, 2.24) is 14.7 Å². The van der Waals surface area contributed by atoms with Crippen molar-refractivity contribution < 1.29 is 14.5 Å². The summed E-state index contributed by atoms with van der Waals surface area (Å²) in [6, 6.07) is 18.5. The molecule has 5 rings (SSSR count). The molecule has 0 bridgehead atoms. The molecule has 3 fully saturated rings. The Balaban J connectivity index is 1.20. The number of non-ortho nitro benzene ring substituents is 1. The zero-order chi connectivity index (χ0) is 32.5. The zero-order valence-corrected chi connectivity index (χ0v) is 28.0. The van der Waals surface area contributed by atoms with Crippen molar-refractivity contribution in [3.63, 3.8) is 0 Å². The highest BCUT2D eigenvalue weighted by molar-refractivity contribution is 5.77. The van der Waals surface area contributed by atoms with Gasteiger partial charge in [-0.2, -0.15) is 0 Å². The van der Waals surface area contributed by atoms with Crippen LogP contribution >= 0.6 is 0 Å². The van der Waals surface area contributed by atoms with Gasteiger partial charge in [0, 0.05) is 69.8 Å². The van der Waals surface area contributed by atoms with Gasteiger partial charge >= 0.3 is 0 Å². The topological polar surface area (TPSA) is 87.0 Å². The Bertz CT molecular complexity index is 1270. The largest absolute Gasteiger partial charge is 0.340 e. The van der Waals surface area contributed by atoms with Crippen LogP contribution in [0.5, 0.6) is 0 Å². The van der Waals surface area contributed by atoms with Crippen molar-refractivity contribution in [2.24, 2.45) is 5.92 Å². The number of hydrogen-bond donors (Lipinski definition) is 0. The Morgan fingerprint density at radius 3 is 2.22 bits per heavy atom. The Morgan fingerprint density at radius 1 is 0.891 bits per heavy atom. The fourth-order valence-corrected chi connectivity index (χ4v) is 8.57. The standard InChI is InChI=1S/C38H54N4O4/c1-3-4-23-40(38(44)20-17-30-15-18-35(19-16-30)42(45)46)33-21-24-39(25-22-33)28-32-26-36(27-37(32)31-11-7-5-8-12-31)41(29(2)43)34-13-9-6-10-14-34/h5,7-8,11-12,15-16,18-19,32-34,36-37H,3-4,6,9-10,13-14,17,20-28H2,1-2H3/t32-,36?,37-/m1/s1. The second-order valence-corrected chi connectivity index (χ2v) is 14.0. The summed E-state index contributed by atoms with van der Waals surface area (Å²) in [5.41, 5.74) is 2.44. The van der Waals surface area contributed by atoms with Crippen LogP contribution < -0.4 is 0 Å². The molecule has 0 spiro atoms. The smallest absolute Gasteiger partial charge is 0.269 e. The van der Waals surface area contributed by atoms with Crippen LogP contribution in [0.15, 0.2) is 54.6 Å². The van der Waals surface area contributed by atoms with Gasteiger partial charge in [-0.3, -0.25) is 19.7 Å². The molecule has 8 nitrogen and oxygen atoms in total. The van der Waals surface area contributed by atoms with E-state index >= 15 is 0 Å². The van der Waals surface area contributed by atoms with E-state index in [0.29, 0.717) is 36.8 Å². The number of likely N-dealkylation sites (tertiary alicyclic amines) is 1. The van der Waals surface area contributed by atoms with Crippen LogP contribution in [0.25, 0.3) is 0 Å². The summed E-state index contributed by atoms with van der Waals surface area (Å²) in [4.78, 5) is 44.2. The number of aryl methyl sites for hydroxylation is 1. The highest BCUT2D eigenvalue weighted by Gasteiger charge is 2.42. The summed E-state index contributed by atoms with van der Waals surface area (Å²) >= 11 is 0. The summed E-state index contributed by atoms with van der Waals surface area (Å²) in [5, 5.41) is 11.0. The van der Waals surface area contributed by atoms with Gasteiger partial charge in [0.15, 0.2) is 0 Å². The van der Waals surface area contributed by atoms with E-state index in [1.807, 2.05) is 0 Å². The first kappa shape index (κ1) is 34.1. The van der Waals surface area contributed by atoms with Crippen LogP contribution in [-0.2, 0) is 16.0 Å². The molecule has 2 aliphatic carbocycles. The summed E-state index contributed by atoms with van der Waals surface area (Å²) < 4.78 is 0. The summed E-state index contributed by atoms with van der Waals surface area (Å²) in [6.45, 7) is 7.77. The second-order valence-electron chi connectivity index (χ2n) is 14.0. The van der Waals surface area contributed by atoms with E-state index in [1.54, 1.807) is 19.1 Å². The number of carbonyl (C=O) groups excluding carboxylic acids is 2. The molecule has 2 aromatic carbocycles. The molecule has 2 amide bonds. The van der Waals surface area contributed by atoms with Crippen molar-refractivity contribution in [3.8, 4) is 0 Å². The fraction of sp³-hybridized carbons (Fsp3) is 0.632. The van der Waals surface area contributed by atoms with E-state index in [1.165, 1.54) is 37.0 Å². The fourth-order valence-electron chi connectivity index (χ4n) is 8.57.